The minimum absolute atomic E-state index is 0.0348. The lowest BCUT2D eigenvalue weighted by Gasteiger charge is -2.23. The van der Waals surface area contributed by atoms with Crippen LogP contribution < -0.4 is 16.0 Å². The lowest BCUT2D eigenvalue weighted by Crippen LogP contribution is -2.49. The van der Waals surface area contributed by atoms with Crippen molar-refractivity contribution in [2.45, 2.75) is 31.7 Å². The number of nitrogens with two attached hydrogens (primary N) is 1. The molecule has 1 saturated heterocycles. The smallest absolute Gasteiger partial charge is 0.355 e. The number of thiol groups is 1. The average molecular weight is 673 g/mol. The van der Waals surface area contributed by atoms with Gasteiger partial charge in [0.2, 0.25) is 6.23 Å². The molecular weight excluding hydrogens is 651 g/mol. The molecule has 222 valence electrons. The Morgan fingerprint density at radius 2 is 2.22 bits per heavy atom. The first-order chi connectivity index (χ1) is 19.4. The largest absolute Gasteiger partial charge is 0.385 e. The Bertz CT molecular complexity index is 1760. The summed E-state index contributed by atoms with van der Waals surface area (Å²) >= 11 is 15.0. The van der Waals surface area contributed by atoms with Gasteiger partial charge in [-0.05, 0) is 23.0 Å². The molecule has 4 aromatic heterocycles. The predicted molar refractivity (Wildman–Crippen MR) is 147 cm³/mol. The van der Waals surface area contributed by atoms with E-state index in [2.05, 4.69) is 42.5 Å². The fourth-order valence-corrected chi connectivity index (χ4v) is 6.12. The lowest BCUT2D eigenvalue weighted by molar-refractivity contribution is -0.793. The molecule has 5 atom stereocenters. The van der Waals surface area contributed by atoms with Gasteiger partial charge in [0.15, 0.2) is 17.9 Å². The maximum atomic E-state index is 14.9. The summed E-state index contributed by atoms with van der Waals surface area (Å²) in [7, 11) is 1.19. The van der Waals surface area contributed by atoms with E-state index >= 15 is 0 Å². The summed E-state index contributed by atoms with van der Waals surface area (Å²) in [5, 5.41) is 6.70. The number of nitrogens with one attached hydrogen (secondary N) is 2. The third-order valence-corrected chi connectivity index (χ3v) is 9.31. The minimum Gasteiger partial charge on any atom is -0.355 e. The zero-order chi connectivity index (χ0) is 29.5. The van der Waals surface area contributed by atoms with Crippen LogP contribution in [-0.2, 0) is 52.4 Å². The van der Waals surface area contributed by atoms with Crippen LogP contribution in [0.25, 0.3) is 22.3 Å². The molecule has 17 nitrogen and oxygen atoms in total. The van der Waals surface area contributed by atoms with Crippen LogP contribution in [-0.4, -0.2) is 72.3 Å². The van der Waals surface area contributed by atoms with Crippen LogP contribution in [0.5, 0.6) is 0 Å². The van der Waals surface area contributed by atoms with Crippen LogP contribution in [0.3, 0.4) is 0 Å². The number of imidazole rings is 1. The number of nitrogens with zero attached hydrogens (tertiary/aromatic N) is 6. The molecule has 1 aliphatic heterocycles. The van der Waals surface area contributed by atoms with Crippen molar-refractivity contribution < 1.29 is 41.4 Å². The van der Waals surface area contributed by atoms with Gasteiger partial charge in [-0.3, -0.25) is 18.8 Å². The van der Waals surface area contributed by atoms with Gasteiger partial charge in [0.1, 0.15) is 17.9 Å². The van der Waals surface area contributed by atoms with Crippen molar-refractivity contribution in [2.24, 2.45) is 0 Å². The van der Waals surface area contributed by atoms with Gasteiger partial charge < -0.3 is 29.0 Å². The van der Waals surface area contributed by atoms with Crippen LogP contribution in [0.4, 0.5) is 10.3 Å². The predicted octanol–water partition coefficient (Wildman–Crippen LogP) is 1.30. The number of aromatic amines is 2. The third-order valence-electron chi connectivity index (χ3n) is 5.75. The molecule has 5 unspecified atom stereocenters. The Morgan fingerprint density at radius 3 is 2.98 bits per heavy atom. The Kier molecular flexibility index (Phi) is 8.81. The highest BCUT2D eigenvalue weighted by atomic mass is 35.5. The van der Waals surface area contributed by atoms with Gasteiger partial charge in [-0.15, -0.1) is 9.90 Å². The molecule has 41 heavy (non-hydrogen) atoms. The molecule has 1 aliphatic rings. The van der Waals surface area contributed by atoms with Crippen LogP contribution in [0.2, 0.25) is 5.02 Å². The number of halogens is 2. The van der Waals surface area contributed by atoms with Crippen molar-refractivity contribution in [1.82, 2.24) is 34.8 Å². The average Bonchev–Trinajstić information content (AvgIpc) is 3.58. The second kappa shape index (κ2) is 11.9. The van der Waals surface area contributed by atoms with E-state index in [0.717, 1.165) is 4.68 Å². The number of anilines is 1. The molecule has 0 radical (unpaired) electrons. The van der Waals surface area contributed by atoms with Gasteiger partial charge in [0.25, 0.3) is 5.95 Å². The monoisotopic (exact) mass is 672 g/mol. The Hall–Kier alpha value is -2.09. The highest BCUT2D eigenvalue weighted by Crippen LogP contribution is 2.52. The van der Waals surface area contributed by atoms with Gasteiger partial charge >= 0.3 is 30.2 Å². The number of ether oxygens (including phenoxy) is 1. The minimum atomic E-state index is -4.15. The second-order valence-corrected chi connectivity index (χ2v) is 14.7. The summed E-state index contributed by atoms with van der Waals surface area (Å²) in [4.78, 5) is 38.0. The summed E-state index contributed by atoms with van der Waals surface area (Å²) < 4.78 is 56.0. The number of nitrogen functional groups attached to an aromatic ring is 1. The van der Waals surface area contributed by atoms with Crippen LogP contribution in [0, 0.1) is 0 Å². The van der Waals surface area contributed by atoms with E-state index in [1.165, 1.54) is 13.3 Å². The van der Waals surface area contributed by atoms with Gasteiger partial charge in [-0.2, -0.15) is 0 Å². The summed E-state index contributed by atoms with van der Waals surface area (Å²) in [5.41, 5.74) is 5.62. The van der Waals surface area contributed by atoms with E-state index in [1.54, 1.807) is 10.6 Å². The number of aromatic nitrogens is 8. The molecular formula is C18H22ClFN9O8P2S2+. The first-order valence-electron chi connectivity index (χ1n) is 11.5. The lowest BCUT2D eigenvalue weighted by atomic mass is 10.2. The highest BCUT2D eigenvalue weighted by Gasteiger charge is 2.47. The van der Waals surface area contributed by atoms with Crippen molar-refractivity contribution in [3.8, 4) is 0 Å². The van der Waals surface area contributed by atoms with Crippen LogP contribution >= 0.6 is 37.4 Å². The molecule has 0 aliphatic carbocycles. The second-order valence-electron chi connectivity index (χ2n) is 8.42. The maximum absolute atomic E-state index is 14.9. The molecule has 23 heteroatoms. The van der Waals surface area contributed by atoms with Gasteiger partial charge in [0.05, 0.1) is 18.2 Å². The molecule has 0 aromatic carbocycles. The highest BCUT2D eigenvalue weighted by molar-refractivity contribution is 8.44. The van der Waals surface area contributed by atoms with E-state index < -0.39 is 50.8 Å². The molecule has 4 aromatic rings. The van der Waals surface area contributed by atoms with Crippen molar-refractivity contribution in [2.75, 3.05) is 26.1 Å². The van der Waals surface area contributed by atoms with E-state index in [9.17, 15) is 18.6 Å². The normalized spacial score (nSPS) is 22.3. The van der Waals surface area contributed by atoms with Crippen molar-refractivity contribution in [3.63, 3.8) is 0 Å². The summed E-state index contributed by atoms with van der Waals surface area (Å²) in [6, 6.07) is 1.56. The number of alkyl halides is 1. The number of hydrogen-bond acceptors (Lipinski definition) is 13. The SMILES string of the molecule is COP(=O)(S)OCCn1c(COP(O)(=S)OC2C(F)COC2[n+]2[nH]nc3c(=O)[nH]c(N)nc32)nc2cc(Cl)cnc21. The molecule has 0 spiro atoms. The van der Waals surface area contributed by atoms with Crippen molar-refractivity contribution in [3.05, 3.63) is 33.5 Å². The maximum Gasteiger partial charge on any atom is 0.385 e. The number of pyridine rings is 1. The number of fused-ring (bicyclic) bond motifs is 2. The van der Waals surface area contributed by atoms with Crippen LogP contribution in [0.15, 0.2) is 17.1 Å². The van der Waals surface area contributed by atoms with Crippen molar-refractivity contribution >= 4 is 77.4 Å². The molecule has 0 amide bonds. The molecule has 1 fully saturated rings. The Balaban J connectivity index is 1.35. The molecule has 0 saturated carbocycles. The quantitative estimate of drug-likeness (QED) is 0.0862. The number of H-pyrrole nitrogens is 2. The van der Waals surface area contributed by atoms with E-state index in [0.29, 0.717) is 16.2 Å². The number of hydrogen-bond donors (Lipinski definition) is 5. The zero-order valence-electron chi connectivity index (χ0n) is 20.8. The fourth-order valence-electron chi connectivity index (χ4n) is 3.97. The fraction of sp³-hybridized carbons (Fsp3) is 0.444. The number of rotatable bonds is 11. The summed E-state index contributed by atoms with van der Waals surface area (Å²) in [6.07, 6.45) is -3.07. The molecule has 5 heterocycles. The van der Waals surface area contributed by atoms with Gasteiger partial charge in [-0.25, -0.2) is 18.9 Å². The van der Waals surface area contributed by atoms with Gasteiger partial charge in [0, 0.05) is 19.9 Å². The Labute approximate surface area is 244 Å². The molecule has 5 rings (SSSR count). The molecule has 5 N–H and O–H groups in total. The third kappa shape index (κ3) is 6.62. The van der Waals surface area contributed by atoms with Gasteiger partial charge in [-0.1, -0.05) is 28.8 Å². The topological polar surface area (TPSA) is 218 Å². The van der Waals surface area contributed by atoms with Crippen LogP contribution in [0.1, 0.15) is 12.1 Å². The van der Waals surface area contributed by atoms with Crippen molar-refractivity contribution in [1.29, 1.82) is 0 Å². The first-order valence-corrected chi connectivity index (χ1v) is 17.1. The first kappa shape index (κ1) is 30.4. The zero-order valence-corrected chi connectivity index (χ0v) is 25.0. The summed E-state index contributed by atoms with van der Waals surface area (Å²) in [6.45, 7) is -8.55. The van der Waals surface area contributed by atoms with E-state index in [4.69, 9.17) is 52.0 Å². The van der Waals surface area contributed by atoms with E-state index in [-0.39, 0.29) is 36.1 Å². The Morgan fingerprint density at radius 1 is 1.44 bits per heavy atom. The summed E-state index contributed by atoms with van der Waals surface area (Å²) in [5.74, 6) is 0.0181. The van der Waals surface area contributed by atoms with E-state index in [1.807, 2.05) is 0 Å². The standard InChI is InChI=1S/C18H21ClFN9O8P2S2/c1-33-38(31,40)35-3-2-28-11(23-10-4-8(19)5-22-14(10)28)7-36-39(32,41)37-13-9(20)6-34-17(13)29-15-12(26-27-29)16(30)25-18(21)24-15/h4-5,9,13,17H,2-3,6-7H2,1H3,(H5,21,24,25,27,30,31,32,40,41)/p+1. The molecule has 0 bridgehead atoms.